The fraction of sp³-hybridized carbons (Fsp3) is 0.421. The predicted octanol–water partition coefficient (Wildman–Crippen LogP) is 2.46. The summed E-state index contributed by atoms with van der Waals surface area (Å²) in [5.74, 6) is 0.456. The second kappa shape index (κ2) is 7.17. The van der Waals surface area contributed by atoms with E-state index < -0.39 is 30.2 Å². The van der Waals surface area contributed by atoms with Crippen LogP contribution in [0.1, 0.15) is 25.6 Å². The molecule has 2 aromatic heterocycles. The van der Waals surface area contributed by atoms with E-state index in [1.807, 2.05) is 18.2 Å². The molecule has 1 aliphatic heterocycles. The van der Waals surface area contributed by atoms with Gasteiger partial charge in [0.1, 0.15) is 18.0 Å². The molecule has 154 valence electrons. The maximum Gasteiger partial charge on any atom is 0.183 e. The topological polar surface area (TPSA) is 105 Å². The van der Waals surface area contributed by atoms with Crippen molar-refractivity contribution in [2.45, 2.75) is 44.0 Å². The van der Waals surface area contributed by atoms with Crippen molar-refractivity contribution in [1.29, 1.82) is 0 Å². The van der Waals surface area contributed by atoms with Gasteiger partial charge in [0.25, 0.3) is 0 Å². The number of hydrogen-bond donors (Lipinski definition) is 3. The Bertz CT molecular complexity index is 1040. The van der Waals surface area contributed by atoms with Crippen LogP contribution >= 0.6 is 11.6 Å². The van der Waals surface area contributed by atoms with Gasteiger partial charge < -0.3 is 20.3 Å². The molecular weight excluding hydrogens is 401 g/mol. The van der Waals surface area contributed by atoms with Crippen LogP contribution in [0.25, 0.3) is 11.2 Å². The highest BCUT2D eigenvalue weighted by molar-refractivity contribution is 6.31. The molecule has 0 unspecified atom stereocenters. The highest BCUT2D eigenvalue weighted by Crippen LogP contribution is 2.48. The third kappa shape index (κ3) is 3.14. The van der Waals surface area contributed by atoms with Gasteiger partial charge in [-0.05, 0) is 25.5 Å². The molecule has 0 amide bonds. The van der Waals surface area contributed by atoms with Crippen molar-refractivity contribution in [1.82, 2.24) is 19.5 Å². The van der Waals surface area contributed by atoms with E-state index in [4.69, 9.17) is 16.3 Å². The highest BCUT2D eigenvalue weighted by atomic mass is 35.5. The van der Waals surface area contributed by atoms with Gasteiger partial charge in [0, 0.05) is 11.6 Å². The van der Waals surface area contributed by atoms with Crippen LogP contribution in [0.15, 0.2) is 36.9 Å². The van der Waals surface area contributed by atoms with Crippen molar-refractivity contribution < 1.29 is 19.3 Å². The van der Waals surface area contributed by atoms with E-state index in [1.165, 1.54) is 31.1 Å². The lowest BCUT2D eigenvalue weighted by molar-refractivity contribution is -0.0891. The fourth-order valence-electron chi connectivity index (χ4n) is 3.50. The van der Waals surface area contributed by atoms with Crippen molar-refractivity contribution in [2.24, 2.45) is 0 Å². The van der Waals surface area contributed by atoms with Crippen molar-refractivity contribution in [3.8, 4) is 0 Å². The van der Waals surface area contributed by atoms with E-state index >= 15 is 4.39 Å². The number of ether oxygens (including phenoxy) is 1. The first-order valence-corrected chi connectivity index (χ1v) is 9.47. The molecule has 1 fully saturated rings. The summed E-state index contributed by atoms with van der Waals surface area (Å²) in [5, 5.41) is 23.8. The van der Waals surface area contributed by atoms with Gasteiger partial charge in [0.2, 0.25) is 0 Å². The molecule has 4 atom stereocenters. The number of nitrogens with zero attached hydrogens (tertiary/aromatic N) is 4. The Morgan fingerprint density at radius 1 is 1.28 bits per heavy atom. The van der Waals surface area contributed by atoms with Crippen LogP contribution in [0.5, 0.6) is 0 Å². The molecule has 4 rings (SSSR count). The normalized spacial score (nSPS) is 29.4. The highest BCUT2D eigenvalue weighted by Gasteiger charge is 2.63. The number of anilines is 1. The van der Waals surface area contributed by atoms with Gasteiger partial charge in [-0.1, -0.05) is 29.8 Å². The quantitative estimate of drug-likeness (QED) is 0.581. The van der Waals surface area contributed by atoms with Crippen LogP contribution in [0.2, 0.25) is 5.02 Å². The monoisotopic (exact) mass is 421 g/mol. The first kappa shape index (κ1) is 20.0. The average molecular weight is 422 g/mol. The lowest BCUT2D eigenvalue weighted by Gasteiger charge is -2.32. The number of aromatic nitrogens is 4. The summed E-state index contributed by atoms with van der Waals surface area (Å²) in [7, 11) is 0. The Hall–Kier alpha value is -2.33. The molecule has 29 heavy (non-hydrogen) atoms. The van der Waals surface area contributed by atoms with Gasteiger partial charge in [-0.25, -0.2) is 19.3 Å². The molecular formula is C19H21ClFN5O3. The summed E-state index contributed by atoms with van der Waals surface area (Å²) in [6.07, 6.45) is 0.422. The second-order valence-corrected chi connectivity index (χ2v) is 7.78. The minimum absolute atomic E-state index is 0.338. The van der Waals surface area contributed by atoms with Crippen molar-refractivity contribution in [3.63, 3.8) is 0 Å². The van der Waals surface area contributed by atoms with Gasteiger partial charge in [-0.15, -0.1) is 0 Å². The maximum absolute atomic E-state index is 15.5. The Morgan fingerprint density at radius 3 is 2.72 bits per heavy atom. The largest absolute Gasteiger partial charge is 0.394 e. The van der Waals surface area contributed by atoms with Gasteiger partial charge in [-0.2, -0.15) is 0 Å². The van der Waals surface area contributed by atoms with E-state index in [0.29, 0.717) is 28.5 Å². The number of benzene rings is 1. The third-order valence-corrected chi connectivity index (χ3v) is 5.92. The number of halogens is 2. The van der Waals surface area contributed by atoms with E-state index in [-0.39, 0.29) is 0 Å². The molecule has 3 N–H and O–H groups in total. The molecule has 0 radical (unpaired) electrons. The van der Waals surface area contributed by atoms with Gasteiger partial charge in [0.15, 0.2) is 28.9 Å². The molecule has 3 aromatic rings. The summed E-state index contributed by atoms with van der Waals surface area (Å²) in [5.41, 5.74) is -2.43. The number of nitrogens with one attached hydrogen (secondary N) is 1. The second-order valence-electron chi connectivity index (χ2n) is 7.37. The van der Waals surface area contributed by atoms with Crippen LogP contribution in [0, 0.1) is 0 Å². The summed E-state index contributed by atoms with van der Waals surface area (Å²) in [6.45, 7) is 2.44. The first-order chi connectivity index (χ1) is 13.8. The summed E-state index contributed by atoms with van der Waals surface area (Å²) < 4.78 is 22.5. The summed E-state index contributed by atoms with van der Waals surface area (Å²) in [4.78, 5) is 12.8. The molecule has 1 aliphatic rings. The predicted molar refractivity (Wildman–Crippen MR) is 105 cm³/mol. The SMILES string of the molecule is C[C@]1(F)[C@@H](n2cnc3c(NCc4ccccc4Cl)ncnc32)O[C@H](CO)[C@@]1(C)O. The lowest BCUT2D eigenvalue weighted by atomic mass is 9.85. The molecule has 0 saturated carbocycles. The van der Waals surface area contributed by atoms with Gasteiger partial charge >= 0.3 is 0 Å². The maximum atomic E-state index is 15.5. The molecule has 1 aromatic carbocycles. The lowest BCUT2D eigenvalue weighted by Crippen LogP contribution is -2.51. The van der Waals surface area contributed by atoms with Crippen molar-refractivity contribution in [3.05, 3.63) is 47.5 Å². The molecule has 0 aliphatic carbocycles. The summed E-state index contributed by atoms with van der Waals surface area (Å²) in [6, 6.07) is 7.42. The van der Waals surface area contributed by atoms with Gasteiger partial charge in [0.05, 0.1) is 12.9 Å². The number of aliphatic hydroxyl groups is 2. The Morgan fingerprint density at radius 2 is 2.03 bits per heavy atom. The van der Waals surface area contributed by atoms with Gasteiger partial charge in [-0.3, -0.25) is 4.57 Å². The zero-order valence-corrected chi connectivity index (χ0v) is 16.6. The minimum atomic E-state index is -2.19. The van der Waals surface area contributed by atoms with Crippen molar-refractivity contribution >= 4 is 28.6 Å². The van der Waals surface area contributed by atoms with Crippen LogP contribution in [-0.2, 0) is 11.3 Å². The number of hydrogen-bond acceptors (Lipinski definition) is 7. The number of aliphatic hydroxyl groups excluding tert-OH is 1. The third-order valence-electron chi connectivity index (χ3n) is 5.55. The molecule has 8 nitrogen and oxygen atoms in total. The molecule has 0 bridgehead atoms. The number of alkyl halides is 1. The van der Waals surface area contributed by atoms with Crippen LogP contribution in [-0.4, -0.2) is 53.7 Å². The Balaban J connectivity index is 1.67. The number of fused-ring (bicyclic) bond motifs is 1. The standard InChI is InChI=1S/C19H21ClFN5O3/c1-18(21)17(29-13(8-27)19(18,2)28)26-10-25-14-15(23-9-24-16(14)26)22-7-11-5-3-4-6-12(11)20/h3-6,9-10,13,17,27-28H,7-8H2,1-2H3,(H,22,23,24)/t13-,17+,18+,19-/m1/s1. The fourth-order valence-corrected chi connectivity index (χ4v) is 3.70. The molecule has 0 spiro atoms. The van der Waals surface area contributed by atoms with E-state index in [1.54, 1.807) is 6.07 Å². The number of imidazole rings is 1. The Labute approximate surface area is 171 Å². The van der Waals surface area contributed by atoms with E-state index in [9.17, 15) is 10.2 Å². The average Bonchev–Trinajstić information content (AvgIpc) is 3.18. The van der Waals surface area contributed by atoms with E-state index in [0.717, 1.165) is 5.56 Å². The van der Waals surface area contributed by atoms with Crippen LogP contribution in [0.3, 0.4) is 0 Å². The summed E-state index contributed by atoms with van der Waals surface area (Å²) >= 11 is 6.19. The van der Waals surface area contributed by atoms with E-state index in [2.05, 4.69) is 20.3 Å². The molecule has 1 saturated heterocycles. The van der Waals surface area contributed by atoms with Crippen LogP contribution < -0.4 is 5.32 Å². The first-order valence-electron chi connectivity index (χ1n) is 9.09. The molecule has 3 heterocycles. The van der Waals surface area contributed by atoms with Crippen molar-refractivity contribution in [2.75, 3.05) is 11.9 Å². The van der Waals surface area contributed by atoms with Crippen LogP contribution in [0.4, 0.5) is 10.2 Å². The smallest absolute Gasteiger partial charge is 0.183 e. The zero-order chi connectivity index (χ0) is 20.8. The zero-order valence-electron chi connectivity index (χ0n) is 15.9. The number of rotatable bonds is 5. The molecule has 10 heteroatoms. The minimum Gasteiger partial charge on any atom is -0.394 e. The Kier molecular flexibility index (Phi) is 4.94.